The van der Waals surface area contributed by atoms with E-state index in [1.165, 1.54) is 6.07 Å². The van der Waals surface area contributed by atoms with Crippen LogP contribution < -0.4 is 16.3 Å². The van der Waals surface area contributed by atoms with Gasteiger partial charge in [-0.25, -0.2) is 4.79 Å². The fraction of sp³-hybridized carbons (Fsp3) is 0.400. The molecule has 2 N–H and O–H groups in total. The van der Waals surface area contributed by atoms with Crippen LogP contribution in [0.3, 0.4) is 0 Å². The van der Waals surface area contributed by atoms with Crippen molar-refractivity contribution < 1.29 is 4.42 Å². The average Bonchev–Trinajstić information content (AvgIpc) is 2.44. The van der Waals surface area contributed by atoms with Crippen LogP contribution in [0.25, 0.3) is 11.0 Å². The molecular weight excluding hydrogens is 251 g/mol. The Morgan fingerprint density at radius 3 is 2.85 bits per heavy atom. The van der Waals surface area contributed by atoms with Gasteiger partial charge in [-0.1, -0.05) is 6.32 Å². The van der Waals surface area contributed by atoms with Gasteiger partial charge < -0.3 is 15.1 Å². The predicted octanol–water partition coefficient (Wildman–Crippen LogP) is 1.71. The Hall–Kier alpha value is -1.75. The van der Waals surface area contributed by atoms with Gasteiger partial charge in [0.15, 0.2) is 0 Å². The van der Waals surface area contributed by atoms with Crippen LogP contribution in [0.1, 0.15) is 12.0 Å². The minimum Gasteiger partial charge on any atom is -0.423 e. The highest BCUT2D eigenvalue weighted by molar-refractivity contribution is 6.08. The van der Waals surface area contributed by atoms with Gasteiger partial charge in [0, 0.05) is 36.8 Å². The molecule has 5 heteroatoms. The van der Waals surface area contributed by atoms with Crippen molar-refractivity contribution in [2.45, 2.75) is 19.2 Å². The van der Waals surface area contributed by atoms with Crippen molar-refractivity contribution in [3.63, 3.8) is 0 Å². The van der Waals surface area contributed by atoms with Crippen molar-refractivity contribution in [2.75, 3.05) is 25.0 Å². The summed E-state index contributed by atoms with van der Waals surface area (Å²) in [5, 5.41) is 0.950. The van der Waals surface area contributed by atoms with Gasteiger partial charge in [0.2, 0.25) is 0 Å². The molecular formula is C15H19BN2O2. The summed E-state index contributed by atoms with van der Waals surface area (Å²) in [7, 11) is 7.52. The largest absolute Gasteiger partial charge is 0.423 e. The van der Waals surface area contributed by atoms with E-state index in [0.717, 1.165) is 29.6 Å². The molecule has 0 aliphatic carbocycles. The molecule has 0 unspecified atom stereocenters. The van der Waals surface area contributed by atoms with Gasteiger partial charge in [-0.2, -0.15) is 0 Å². The fourth-order valence-corrected chi connectivity index (χ4v) is 2.28. The molecule has 20 heavy (non-hydrogen) atoms. The maximum atomic E-state index is 11.6. The SMILES string of the molecule is [B]CCCN(C)c1ccc2c(CCN)cc(=O)oc2c1. The Morgan fingerprint density at radius 2 is 2.15 bits per heavy atom. The zero-order chi connectivity index (χ0) is 14.5. The topological polar surface area (TPSA) is 59.5 Å². The summed E-state index contributed by atoms with van der Waals surface area (Å²) in [6, 6.07) is 7.43. The van der Waals surface area contributed by atoms with Gasteiger partial charge in [-0.05, 0) is 37.1 Å². The second-order valence-corrected chi connectivity index (χ2v) is 4.87. The molecule has 0 saturated carbocycles. The molecule has 0 aliphatic heterocycles. The Kier molecular flexibility index (Phi) is 4.85. The molecule has 0 amide bonds. The normalized spacial score (nSPS) is 10.9. The van der Waals surface area contributed by atoms with Crippen LogP contribution in [0.2, 0.25) is 6.32 Å². The van der Waals surface area contributed by atoms with Gasteiger partial charge in [0.25, 0.3) is 0 Å². The van der Waals surface area contributed by atoms with Gasteiger partial charge in [0.1, 0.15) is 5.58 Å². The standard InChI is InChI=1S/C15H19BN2O2/c1-18(8-2-6-16)12-3-4-13-11(5-7-17)9-15(19)20-14(13)10-12/h3-4,9-10H,2,5-8,17H2,1H3. The summed E-state index contributed by atoms with van der Waals surface area (Å²) in [5.41, 5.74) is 7.81. The first-order chi connectivity index (χ1) is 9.65. The number of hydrogen-bond donors (Lipinski definition) is 1. The predicted molar refractivity (Wildman–Crippen MR) is 83.7 cm³/mol. The highest BCUT2D eigenvalue weighted by atomic mass is 16.4. The second-order valence-electron chi connectivity index (χ2n) is 4.87. The van der Waals surface area contributed by atoms with Crippen LogP contribution in [0.5, 0.6) is 0 Å². The van der Waals surface area contributed by atoms with E-state index >= 15 is 0 Å². The zero-order valence-corrected chi connectivity index (χ0v) is 11.8. The maximum absolute atomic E-state index is 11.6. The molecule has 0 aliphatic rings. The Labute approximate surface area is 120 Å². The number of benzene rings is 1. The first-order valence-corrected chi connectivity index (χ1v) is 6.83. The molecule has 0 atom stereocenters. The molecule has 0 saturated heterocycles. The lowest BCUT2D eigenvalue weighted by Crippen LogP contribution is -2.18. The summed E-state index contributed by atoms with van der Waals surface area (Å²) in [5.74, 6) is 0. The van der Waals surface area contributed by atoms with E-state index < -0.39 is 0 Å². The first kappa shape index (κ1) is 14.7. The van der Waals surface area contributed by atoms with Crippen molar-refractivity contribution >= 4 is 24.5 Å². The maximum Gasteiger partial charge on any atom is 0.336 e. The number of hydrogen-bond acceptors (Lipinski definition) is 4. The third-order valence-electron chi connectivity index (χ3n) is 3.37. The molecule has 4 nitrogen and oxygen atoms in total. The lowest BCUT2D eigenvalue weighted by atomic mass is 10.0. The molecule has 2 aromatic rings. The molecule has 0 spiro atoms. The Bertz CT molecular complexity index is 639. The monoisotopic (exact) mass is 270 g/mol. The molecule has 1 aromatic heterocycles. The number of nitrogens with zero attached hydrogens (tertiary/aromatic N) is 1. The van der Waals surface area contributed by atoms with Crippen molar-refractivity contribution in [1.82, 2.24) is 0 Å². The van der Waals surface area contributed by atoms with Crippen LogP contribution in [0.4, 0.5) is 5.69 Å². The number of fused-ring (bicyclic) bond motifs is 1. The highest BCUT2D eigenvalue weighted by Crippen LogP contribution is 2.23. The molecule has 1 heterocycles. The Balaban J connectivity index is 2.41. The van der Waals surface area contributed by atoms with E-state index in [4.69, 9.17) is 18.0 Å². The smallest absolute Gasteiger partial charge is 0.336 e. The van der Waals surface area contributed by atoms with Crippen LogP contribution in [0, 0.1) is 0 Å². The van der Waals surface area contributed by atoms with Crippen molar-refractivity contribution in [3.05, 3.63) is 40.2 Å². The summed E-state index contributed by atoms with van der Waals surface area (Å²) in [6.45, 7) is 1.38. The van der Waals surface area contributed by atoms with Crippen LogP contribution in [0.15, 0.2) is 33.5 Å². The van der Waals surface area contributed by atoms with Gasteiger partial charge in [0.05, 0.1) is 7.85 Å². The lowest BCUT2D eigenvalue weighted by molar-refractivity contribution is 0.558. The summed E-state index contributed by atoms with van der Waals surface area (Å²) in [6.07, 6.45) is 2.25. The summed E-state index contributed by atoms with van der Waals surface area (Å²) in [4.78, 5) is 13.7. The third kappa shape index (κ3) is 3.22. The number of nitrogens with two attached hydrogens (primary N) is 1. The van der Waals surface area contributed by atoms with E-state index in [1.807, 2.05) is 25.2 Å². The molecule has 2 rings (SSSR count). The van der Waals surface area contributed by atoms with Gasteiger partial charge in [-0.3, -0.25) is 0 Å². The van der Waals surface area contributed by atoms with Crippen LogP contribution >= 0.6 is 0 Å². The number of rotatable bonds is 6. The van der Waals surface area contributed by atoms with E-state index in [0.29, 0.717) is 24.9 Å². The van der Waals surface area contributed by atoms with Gasteiger partial charge in [-0.15, -0.1) is 0 Å². The van der Waals surface area contributed by atoms with Crippen molar-refractivity contribution in [2.24, 2.45) is 5.73 Å². The minimum atomic E-state index is -0.331. The summed E-state index contributed by atoms with van der Waals surface area (Å²) < 4.78 is 5.30. The van der Waals surface area contributed by atoms with Crippen LogP contribution in [-0.2, 0) is 6.42 Å². The quantitative estimate of drug-likeness (QED) is 0.641. The minimum absolute atomic E-state index is 0.331. The second kappa shape index (κ2) is 6.61. The van der Waals surface area contributed by atoms with E-state index in [2.05, 4.69) is 4.90 Å². The van der Waals surface area contributed by atoms with E-state index in [-0.39, 0.29) is 5.63 Å². The van der Waals surface area contributed by atoms with Gasteiger partial charge >= 0.3 is 5.63 Å². The summed E-state index contributed by atoms with van der Waals surface area (Å²) >= 11 is 0. The van der Waals surface area contributed by atoms with E-state index in [1.54, 1.807) is 0 Å². The molecule has 0 fully saturated rings. The van der Waals surface area contributed by atoms with Crippen LogP contribution in [-0.4, -0.2) is 28.0 Å². The fourth-order valence-electron chi connectivity index (χ4n) is 2.28. The first-order valence-electron chi connectivity index (χ1n) is 6.83. The van der Waals surface area contributed by atoms with Crippen molar-refractivity contribution in [3.8, 4) is 0 Å². The lowest BCUT2D eigenvalue weighted by Gasteiger charge is -2.19. The molecule has 2 radical (unpaired) electrons. The zero-order valence-electron chi connectivity index (χ0n) is 11.8. The Morgan fingerprint density at radius 1 is 1.35 bits per heavy atom. The highest BCUT2D eigenvalue weighted by Gasteiger charge is 2.08. The third-order valence-corrected chi connectivity index (χ3v) is 3.37. The molecule has 1 aromatic carbocycles. The molecule has 0 bridgehead atoms. The van der Waals surface area contributed by atoms with Crippen molar-refractivity contribution in [1.29, 1.82) is 0 Å². The average molecular weight is 270 g/mol. The number of anilines is 1. The molecule has 104 valence electrons. The van der Waals surface area contributed by atoms with E-state index in [9.17, 15) is 4.79 Å².